The summed E-state index contributed by atoms with van der Waals surface area (Å²) in [5.74, 6) is 0.871. The van der Waals surface area contributed by atoms with E-state index >= 15 is 0 Å². The Bertz CT molecular complexity index is 430. The van der Waals surface area contributed by atoms with Gasteiger partial charge in [0.25, 0.3) is 0 Å². The van der Waals surface area contributed by atoms with Crippen LogP contribution in [0.5, 0.6) is 0 Å². The van der Waals surface area contributed by atoms with Gasteiger partial charge in [-0.05, 0) is 25.5 Å². The Hall–Kier alpha value is -1.42. The number of nitrogens with two attached hydrogens (primary N) is 1. The highest BCUT2D eigenvalue weighted by Gasteiger charge is 2.08. The van der Waals surface area contributed by atoms with Crippen molar-refractivity contribution in [3.63, 3.8) is 0 Å². The second kappa shape index (κ2) is 2.81. The molecular weight excluding hydrogens is 164 g/mol. The molecule has 0 saturated heterocycles. The number of H-pyrrole nitrogens is 1. The largest absolute Gasteiger partial charge is 0.341 e. The fourth-order valence-electron chi connectivity index (χ4n) is 1.43. The van der Waals surface area contributed by atoms with Gasteiger partial charge >= 0.3 is 0 Å². The summed E-state index contributed by atoms with van der Waals surface area (Å²) in [4.78, 5) is 11.5. The van der Waals surface area contributed by atoms with Crippen molar-refractivity contribution in [3.8, 4) is 0 Å². The standard InChI is InChI=1S/C9H12N4/c1-5(10)7-3-4-11-9-8(7)12-6(2)13-9/h3-5H,10H2,1-2H3,(H,11,12,13). The van der Waals surface area contributed by atoms with Gasteiger partial charge in [-0.15, -0.1) is 0 Å². The van der Waals surface area contributed by atoms with E-state index in [0.717, 1.165) is 22.6 Å². The smallest absolute Gasteiger partial charge is 0.178 e. The van der Waals surface area contributed by atoms with Crippen LogP contribution in [0.2, 0.25) is 0 Å². The van der Waals surface area contributed by atoms with Gasteiger partial charge in [0.1, 0.15) is 5.82 Å². The third kappa shape index (κ3) is 1.29. The Labute approximate surface area is 76.2 Å². The molecule has 13 heavy (non-hydrogen) atoms. The van der Waals surface area contributed by atoms with Crippen molar-refractivity contribution in [3.05, 3.63) is 23.7 Å². The predicted octanol–water partition coefficient (Wildman–Crippen LogP) is 1.29. The lowest BCUT2D eigenvalue weighted by Gasteiger charge is -2.04. The van der Waals surface area contributed by atoms with Crippen molar-refractivity contribution in [2.24, 2.45) is 5.73 Å². The molecule has 0 saturated carbocycles. The van der Waals surface area contributed by atoms with Crippen molar-refractivity contribution in [2.45, 2.75) is 19.9 Å². The van der Waals surface area contributed by atoms with Crippen molar-refractivity contribution in [1.29, 1.82) is 0 Å². The Kier molecular flexibility index (Phi) is 1.77. The van der Waals surface area contributed by atoms with E-state index < -0.39 is 0 Å². The third-order valence-corrected chi connectivity index (χ3v) is 2.03. The zero-order valence-electron chi connectivity index (χ0n) is 7.70. The van der Waals surface area contributed by atoms with Gasteiger partial charge in [0, 0.05) is 12.2 Å². The van der Waals surface area contributed by atoms with E-state index in [4.69, 9.17) is 5.73 Å². The van der Waals surface area contributed by atoms with E-state index in [1.807, 2.05) is 19.9 Å². The number of aromatic amines is 1. The molecule has 0 aliphatic heterocycles. The zero-order valence-corrected chi connectivity index (χ0v) is 7.70. The fourth-order valence-corrected chi connectivity index (χ4v) is 1.43. The monoisotopic (exact) mass is 176 g/mol. The van der Waals surface area contributed by atoms with Gasteiger partial charge in [0.05, 0.1) is 5.52 Å². The number of nitrogens with one attached hydrogen (secondary N) is 1. The second-order valence-electron chi connectivity index (χ2n) is 3.21. The van der Waals surface area contributed by atoms with Crippen LogP contribution in [0, 0.1) is 6.92 Å². The van der Waals surface area contributed by atoms with Crippen LogP contribution in [0.1, 0.15) is 24.4 Å². The molecule has 1 atom stereocenters. The number of nitrogens with zero attached hydrogens (tertiary/aromatic N) is 2. The maximum atomic E-state index is 5.81. The minimum Gasteiger partial charge on any atom is -0.341 e. The molecule has 2 heterocycles. The first-order valence-electron chi connectivity index (χ1n) is 4.25. The van der Waals surface area contributed by atoms with Crippen molar-refractivity contribution < 1.29 is 0 Å². The molecule has 4 nitrogen and oxygen atoms in total. The number of aromatic nitrogens is 3. The molecule has 0 fully saturated rings. The summed E-state index contributed by atoms with van der Waals surface area (Å²) in [7, 11) is 0. The molecule has 2 rings (SSSR count). The van der Waals surface area contributed by atoms with Gasteiger partial charge in [-0.2, -0.15) is 0 Å². The normalized spacial score (nSPS) is 13.5. The Morgan fingerprint density at radius 3 is 3.00 bits per heavy atom. The van der Waals surface area contributed by atoms with Crippen LogP contribution in [-0.4, -0.2) is 15.0 Å². The highest BCUT2D eigenvalue weighted by atomic mass is 15.0. The van der Waals surface area contributed by atoms with E-state index in [-0.39, 0.29) is 6.04 Å². The minimum atomic E-state index is 0.00495. The molecule has 0 aliphatic carbocycles. The van der Waals surface area contributed by atoms with E-state index in [1.54, 1.807) is 6.20 Å². The highest BCUT2D eigenvalue weighted by molar-refractivity contribution is 5.75. The lowest BCUT2D eigenvalue weighted by molar-refractivity contribution is 0.822. The van der Waals surface area contributed by atoms with Gasteiger partial charge in [0.15, 0.2) is 5.65 Å². The molecule has 0 radical (unpaired) electrons. The topological polar surface area (TPSA) is 67.6 Å². The van der Waals surface area contributed by atoms with Gasteiger partial charge in [-0.3, -0.25) is 0 Å². The Morgan fingerprint density at radius 1 is 1.54 bits per heavy atom. The third-order valence-electron chi connectivity index (χ3n) is 2.03. The maximum Gasteiger partial charge on any atom is 0.178 e. The Balaban J connectivity index is 2.75. The van der Waals surface area contributed by atoms with Crippen LogP contribution >= 0.6 is 0 Å². The molecule has 2 aromatic rings. The molecule has 0 spiro atoms. The Morgan fingerprint density at radius 2 is 2.31 bits per heavy atom. The maximum absolute atomic E-state index is 5.81. The first-order valence-corrected chi connectivity index (χ1v) is 4.25. The second-order valence-corrected chi connectivity index (χ2v) is 3.21. The minimum absolute atomic E-state index is 0.00495. The number of fused-ring (bicyclic) bond motifs is 1. The summed E-state index contributed by atoms with van der Waals surface area (Å²) in [5, 5.41) is 0. The number of hydrogen-bond acceptors (Lipinski definition) is 3. The molecule has 2 aromatic heterocycles. The average Bonchev–Trinajstić information content (AvgIpc) is 2.43. The van der Waals surface area contributed by atoms with Crippen LogP contribution in [0.25, 0.3) is 11.2 Å². The van der Waals surface area contributed by atoms with Crippen LogP contribution < -0.4 is 5.73 Å². The number of imidazole rings is 1. The molecule has 0 bridgehead atoms. The summed E-state index contributed by atoms with van der Waals surface area (Å²) in [5.41, 5.74) is 8.57. The highest BCUT2D eigenvalue weighted by Crippen LogP contribution is 2.18. The van der Waals surface area contributed by atoms with Crippen molar-refractivity contribution in [2.75, 3.05) is 0 Å². The lowest BCUT2D eigenvalue weighted by Crippen LogP contribution is -2.05. The van der Waals surface area contributed by atoms with E-state index in [1.165, 1.54) is 0 Å². The molecular formula is C9H12N4. The van der Waals surface area contributed by atoms with Crippen LogP contribution in [0.4, 0.5) is 0 Å². The van der Waals surface area contributed by atoms with Crippen LogP contribution in [0.15, 0.2) is 12.3 Å². The number of aryl methyl sites for hydroxylation is 1. The number of hydrogen-bond donors (Lipinski definition) is 2. The van der Waals surface area contributed by atoms with Crippen LogP contribution in [0.3, 0.4) is 0 Å². The summed E-state index contributed by atoms with van der Waals surface area (Å²) < 4.78 is 0. The number of rotatable bonds is 1. The summed E-state index contributed by atoms with van der Waals surface area (Å²) >= 11 is 0. The van der Waals surface area contributed by atoms with Gasteiger partial charge < -0.3 is 10.7 Å². The molecule has 0 aliphatic rings. The van der Waals surface area contributed by atoms with Gasteiger partial charge in [-0.1, -0.05) is 0 Å². The fraction of sp³-hybridized carbons (Fsp3) is 0.333. The molecule has 68 valence electrons. The van der Waals surface area contributed by atoms with Gasteiger partial charge in [-0.25, -0.2) is 9.97 Å². The quantitative estimate of drug-likeness (QED) is 0.687. The molecule has 1 unspecified atom stereocenters. The van der Waals surface area contributed by atoms with Crippen molar-refractivity contribution in [1.82, 2.24) is 15.0 Å². The van der Waals surface area contributed by atoms with Crippen molar-refractivity contribution >= 4 is 11.2 Å². The lowest BCUT2D eigenvalue weighted by atomic mass is 10.1. The van der Waals surface area contributed by atoms with E-state index in [9.17, 15) is 0 Å². The van der Waals surface area contributed by atoms with Crippen LogP contribution in [-0.2, 0) is 0 Å². The first-order chi connectivity index (χ1) is 6.18. The number of pyridine rings is 1. The molecule has 3 N–H and O–H groups in total. The summed E-state index contributed by atoms with van der Waals surface area (Å²) in [6.45, 7) is 3.86. The molecule has 0 amide bonds. The average molecular weight is 176 g/mol. The first kappa shape index (κ1) is 8.19. The van der Waals surface area contributed by atoms with E-state index in [2.05, 4.69) is 15.0 Å². The van der Waals surface area contributed by atoms with Gasteiger partial charge in [0.2, 0.25) is 0 Å². The SMILES string of the molecule is Cc1nc2nccc(C(C)N)c2[nH]1. The summed E-state index contributed by atoms with van der Waals surface area (Å²) in [6, 6.07) is 1.93. The molecule has 0 aromatic carbocycles. The molecule has 4 heteroatoms. The van der Waals surface area contributed by atoms with E-state index in [0.29, 0.717) is 0 Å². The predicted molar refractivity (Wildman–Crippen MR) is 51.2 cm³/mol. The summed E-state index contributed by atoms with van der Waals surface area (Å²) in [6.07, 6.45) is 1.74. The zero-order chi connectivity index (χ0) is 9.42.